The van der Waals surface area contributed by atoms with Crippen molar-refractivity contribution in [2.45, 2.75) is 33.2 Å². The van der Waals surface area contributed by atoms with Crippen LogP contribution in [0.4, 0.5) is 17.1 Å². The van der Waals surface area contributed by atoms with Crippen molar-refractivity contribution in [2.24, 2.45) is 0 Å². The zero-order valence-electron chi connectivity index (χ0n) is 17.0. The lowest BCUT2D eigenvalue weighted by molar-refractivity contribution is -0.117. The second kappa shape index (κ2) is 9.21. The highest BCUT2D eigenvalue weighted by Crippen LogP contribution is 2.22. The second-order valence-electron chi connectivity index (χ2n) is 7.16. The Bertz CT molecular complexity index is 951. The maximum absolute atomic E-state index is 12.6. The van der Waals surface area contributed by atoms with E-state index in [4.69, 9.17) is 0 Å². The van der Waals surface area contributed by atoms with Gasteiger partial charge in [0.05, 0.1) is 0 Å². The smallest absolute Gasteiger partial charge is 0.251 e. The minimum Gasteiger partial charge on any atom is -0.348 e. The largest absolute Gasteiger partial charge is 0.348 e. The molecule has 0 aliphatic carbocycles. The molecule has 0 bridgehead atoms. The molecule has 0 spiro atoms. The minimum absolute atomic E-state index is 0.130. The minimum atomic E-state index is -0.340. The molecule has 0 aromatic heterocycles. The van der Waals surface area contributed by atoms with Crippen LogP contribution in [0.3, 0.4) is 0 Å². The van der Waals surface area contributed by atoms with E-state index in [1.54, 1.807) is 23.1 Å². The van der Waals surface area contributed by atoms with Crippen LogP contribution in [0.15, 0.2) is 42.5 Å². The Morgan fingerprint density at radius 1 is 0.933 bits per heavy atom. The highest BCUT2D eigenvalue weighted by molar-refractivity contribution is 6.00. The first-order valence-electron chi connectivity index (χ1n) is 9.69. The molecule has 1 aliphatic heterocycles. The first-order chi connectivity index (χ1) is 14.3. The number of amides is 4. The molecule has 0 unspecified atom stereocenters. The van der Waals surface area contributed by atoms with Crippen LogP contribution in [-0.2, 0) is 20.9 Å². The summed E-state index contributed by atoms with van der Waals surface area (Å²) in [7, 11) is 0. The molecule has 4 amide bonds. The Morgan fingerprint density at radius 2 is 1.53 bits per heavy atom. The average molecular weight is 408 g/mol. The Kier molecular flexibility index (Phi) is 6.46. The van der Waals surface area contributed by atoms with Gasteiger partial charge in [-0.2, -0.15) is 0 Å². The molecule has 8 nitrogen and oxygen atoms in total. The highest BCUT2D eigenvalue weighted by Gasteiger charge is 2.21. The van der Waals surface area contributed by atoms with Gasteiger partial charge in [0.25, 0.3) is 5.91 Å². The number of carbonyl (C=O) groups excluding carboxylic acids is 4. The van der Waals surface area contributed by atoms with Gasteiger partial charge in [-0.15, -0.1) is 0 Å². The van der Waals surface area contributed by atoms with Gasteiger partial charge in [-0.3, -0.25) is 19.2 Å². The van der Waals surface area contributed by atoms with Gasteiger partial charge in [-0.05, 0) is 42.3 Å². The Hall–Kier alpha value is -3.68. The highest BCUT2D eigenvalue weighted by atomic mass is 16.2. The predicted octanol–water partition coefficient (Wildman–Crippen LogP) is 2.66. The van der Waals surface area contributed by atoms with Gasteiger partial charge in [0.15, 0.2) is 0 Å². The van der Waals surface area contributed by atoms with Gasteiger partial charge >= 0.3 is 0 Å². The van der Waals surface area contributed by atoms with Gasteiger partial charge < -0.3 is 20.9 Å². The van der Waals surface area contributed by atoms with E-state index in [0.29, 0.717) is 29.9 Å². The molecular formula is C22H24N4O4. The number of hydrogen-bond acceptors (Lipinski definition) is 4. The van der Waals surface area contributed by atoms with Crippen LogP contribution < -0.4 is 20.9 Å². The van der Waals surface area contributed by atoms with Gasteiger partial charge in [0.1, 0.15) is 0 Å². The molecule has 1 fully saturated rings. The maximum atomic E-state index is 12.6. The molecule has 2 aromatic rings. The zero-order valence-corrected chi connectivity index (χ0v) is 17.0. The summed E-state index contributed by atoms with van der Waals surface area (Å²) in [5, 5.41) is 8.07. The van der Waals surface area contributed by atoms with Crippen LogP contribution in [0.1, 0.15) is 42.6 Å². The van der Waals surface area contributed by atoms with Crippen molar-refractivity contribution in [2.75, 3.05) is 22.1 Å². The van der Waals surface area contributed by atoms with E-state index in [1.165, 1.54) is 13.8 Å². The molecule has 1 aliphatic rings. The molecule has 2 aromatic carbocycles. The van der Waals surface area contributed by atoms with Gasteiger partial charge in [0, 0.05) is 56.0 Å². The van der Waals surface area contributed by atoms with Crippen molar-refractivity contribution >= 4 is 40.7 Å². The van der Waals surface area contributed by atoms with E-state index in [9.17, 15) is 19.2 Å². The lowest BCUT2D eigenvalue weighted by Gasteiger charge is -2.16. The lowest BCUT2D eigenvalue weighted by atomic mass is 10.1. The summed E-state index contributed by atoms with van der Waals surface area (Å²) in [6, 6.07) is 12.2. The third kappa shape index (κ3) is 5.44. The first-order valence-corrected chi connectivity index (χ1v) is 9.69. The summed E-state index contributed by atoms with van der Waals surface area (Å²) < 4.78 is 0. The number of rotatable bonds is 6. The third-order valence-corrected chi connectivity index (χ3v) is 4.61. The van der Waals surface area contributed by atoms with E-state index in [-0.39, 0.29) is 23.6 Å². The summed E-state index contributed by atoms with van der Waals surface area (Å²) in [4.78, 5) is 48.9. The molecule has 3 N–H and O–H groups in total. The van der Waals surface area contributed by atoms with E-state index in [2.05, 4.69) is 16.0 Å². The van der Waals surface area contributed by atoms with Gasteiger partial charge in [0.2, 0.25) is 17.7 Å². The summed E-state index contributed by atoms with van der Waals surface area (Å²) in [5.74, 6) is -0.770. The molecule has 8 heteroatoms. The summed E-state index contributed by atoms with van der Waals surface area (Å²) >= 11 is 0. The molecule has 3 rings (SSSR count). The topological polar surface area (TPSA) is 108 Å². The Balaban J connectivity index is 1.68. The van der Waals surface area contributed by atoms with Crippen molar-refractivity contribution in [1.29, 1.82) is 0 Å². The fraction of sp³-hybridized carbons (Fsp3) is 0.273. The van der Waals surface area contributed by atoms with E-state index in [1.807, 2.05) is 24.3 Å². The number of hydrogen-bond donors (Lipinski definition) is 3. The molecule has 0 atom stereocenters. The molecule has 1 saturated heterocycles. The normalized spacial score (nSPS) is 13.1. The second-order valence-corrected chi connectivity index (χ2v) is 7.16. The maximum Gasteiger partial charge on any atom is 0.251 e. The fourth-order valence-electron chi connectivity index (χ4n) is 3.31. The fourth-order valence-corrected chi connectivity index (χ4v) is 3.31. The Labute approximate surface area is 174 Å². The number of nitrogens with one attached hydrogen (secondary N) is 3. The average Bonchev–Trinajstić information content (AvgIpc) is 3.11. The van der Waals surface area contributed by atoms with Crippen molar-refractivity contribution in [3.8, 4) is 0 Å². The molecule has 0 saturated carbocycles. The third-order valence-electron chi connectivity index (χ3n) is 4.61. The SMILES string of the molecule is CC(=O)Nc1cc(NC(C)=O)cc(C(=O)NCc2ccc(N3CCCC3=O)cc2)c1. The Morgan fingerprint density at radius 3 is 2.03 bits per heavy atom. The van der Waals surface area contributed by atoms with E-state index in [0.717, 1.165) is 24.2 Å². The van der Waals surface area contributed by atoms with Gasteiger partial charge in [-0.25, -0.2) is 0 Å². The summed E-state index contributed by atoms with van der Waals surface area (Å²) in [6.07, 6.45) is 1.45. The van der Waals surface area contributed by atoms with Crippen LogP contribution in [0.5, 0.6) is 0 Å². The van der Waals surface area contributed by atoms with Crippen molar-refractivity contribution in [1.82, 2.24) is 5.32 Å². The standard InChI is InChI=1S/C22H24N4O4/c1-14(27)24-18-10-17(11-19(12-18)25-15(2)28)22(30)23-13-16-5-7-20(8-6-16)26-9-3-4-21(26)29/h5-8,10-12H,3-4,9,13H2,1-2H3,(H,23,30)(H,24,27)(H,25,28). The predicted molar refractivity (Wildman–Crippen MR) is 114 cm³/mol. The van der Waals surface area contributed by atoms with Gasteiger partial charge in [-0.1, -0.05) is 12.1 Å². The molecule has 30 heavy (non-hydrogen) atoms. The van der Waals surface area contributed by atoms with E-state index < -0.39 is 0 Å². The van der Waals surface area contributed by atoms with Crippen LogP contribution in [0, 0.1) is 0 Å². The molecule has 156 valence electrons. The number of benzene rings is 2. The zero-order chi connectivity index (χ0) is 21.7. The first kappa shape index (κ1) is 21.0. The molecular weight excluding hydrogens is 384 g/mol. The molecule has 0 radical (unpaired) electrons. The number of carbonyl (C=O) groups is 4. The number of anilines is 3. The number of nitrogens with zero attached hydrogens (tertiary/aromatic N) is 1. The quantitative estimate of drug-likeness (QED) is 0.683. The monoisotopic (exact) mass is 408 g/mol. The lowest BCUT2D eigenvalue weighted by Crippen LogP contribution is -2.24. The van der Waals surface area contributed by atoms with Crippen LogP contribution >= 0.6 is 0 Å². The van der Waals surface area contributed by atoms with Crippen molar-refractivity contribution in [3.63, 3.8) is 0 Å². The van der Waals surface area contributed by atoms with Crippen LogP contribution in [0.2, 0.25) is 0 Å². The van der Waals surface area contributed by atoms with E-state index >= 15 is 0 Å². The van der Waals surface area contributed by atoms with Crippen LogP contribution in [0.25, 0.3) is 0 Å². The van der Waals surface area contributed by atoms with Crippen LogP contribution in [-0.4, -0.2) is 30.2 Å². The summed E-state index contributed by atoms with van der Waals surface area (Å²) in [5.41, 5.74) is 2.88. The van der Waals surface area contributed by atoms with Crippen molar-refractivity contribution < 1.29 is 19.2 Å². The summed E-state index contributed by atoms with van der Waals surface area (Å²) in [6.45, 7) is 3.76. The van der Waals surface area contributed by atoms with Crippen molar-refractivity contribution in [3.05, 3.63) is 53.6 Å². The molecule has 1 heterocycles.